The molecule has 0 saturated heterocycles. The van der Waals surface area contributed by atoms with Gasteiger partial charge in [-0.2, -0.15) is 0 Å². The van der Waals surface area contributed by atoms with Gasteiger partial charge in [-0.05, 0) is 71.1 Å². The number of hydrogen-bond donors (Lipinski definition) is 0. The Morgan fingerprint density at radius 3 is 2.58 bits per heavy atom. The van der Waals surface area contributed by atoms with Gasteiger partial charge in [0.1, 0.15) is 0 Å². The minimum absolute atomic E-state index is 0.160. The lowest BCUT2D eigenvalue weighted by Crippen LogP contribution is -2.32. The Hall–Kier alpha value is -0.880. The van der Waals surface area contributed by atoms with Crippen LogP contribution >= 0.6 is 33.9 Å². The Morgan fingerprint density at radius 2 is 2.00 bits per heavy atom. The number of carbonyl (C=O) groups excluding carboxylic acids is 1. The number of rotatable bonds is 4. The molecule has 0 atom stereocenters. The number of hydrogen-bond acceptors (Lipinski definition) is 2. The molecule has 0 radical (unpaired) electrons. The maximum atomic E-state index is 12.6. The van der Waals surface area contributed by atoms with Gasteiger partial charge in [0.25, 0.3) is 5.91 Å². The maximum absolute atomic E-state index is 12.6. The highest BCUT2D eigenvalue weighted by atomic mass is 127. The van der Waals surface area contributed by atoms with E-state index in [4.69, 9.17) is 0 Å². The molecule has 1 amide bonds. The normalized spacial score (nSPS) is 14.4. The summed E-state index contributed by atoms with van der Waals surface area (Å²) >= 11 is 3.97. The second-order valence-corrected chi connectivity index (χ2v) is 7.03. The Labute approximate surface area is 130 Å². The standard InChI is InChI=1S/C15H14INOS/c16-12-5-3-11(4-6-12)15(18)17(13-7-8-13)10-14-2-1-9-19-14/h1-6,9,13H,7-8,10H2. The van der Waals surface area contributed by atoms with E-state index in [0.29, 0.717) is 6.04 Å². The third-order valence-corrected chi connectivity index (χ3v) is 4.83. The molecule has 19 heavy (non-hydrogen) atoms. The zero-order valence-corrected chi connectivity index (χ0v) is 13.4. The van der Waals surface area contributed by atoms with Crippen molar-refractivity contribution in [3.8, 4) is 0 Å². The van der Waals surface area contributed by atoms with E-state index < -0.39 is 0 Å². The van der Waals surface area contributed by atoms with Crippen molar-refractivity contribution < 1.29 is 4.79 Å². The second-order valence-electron chi connectivity index (χ2n) is 4.75. The maximum Gasteiger partial charge on any atom is 0.254 e. The molecule has 1 aromatic heterocycles. The molecule has 1 aromatic carbocycles. The quantitative estimate of drug-likeness (QED) is 0.727. The topological polar surface area (TPSA) is 20.3 Å². The van der Waals surface area contributed by atoms with Crippen molar-refractivity contribution in [2.24, 2.45) is 0 Å². The molecule has 1 fully saturated rings. The molecular formula is C15H14INOS. The van der Waals surface area contributed by atoms with Crippen molar-refractivity contribution in [3.63, 3.8) is 0 Å². The average molecular weight is 383 g/mol. The molecule has 0 N–H and O–H groups in total. The first kappa shape index (κ1) is 13.1. The Balaban J connectivity index is 1.79. The van der Waals surface area contributed by atoms with Crippen molar-refractivity contribution in [2.75, 3.05) is 0 Å². The Kier molecular flexibility index (Phi) is 3.88. The molecule has 2 nitrogen and oxygen atoms in total. The van der Waals surface area contributed by atoms with E-state index in [2.05, 4.69) is 34.0 Å². The van der Waals surface area contributed by atoms with Crippen LogP contribution in [0.1, 0.15) is 28.1 Å². The van der Waals surface area contributed by atoms with Crippen LogP contribution in [0.25, 0.3) is 0 Å². The van der Waals surface area contributed by atoms with E-state index in [0.717, 1.165) is 28.5 Å². The van der Waals surface area contributed by atoms with Crippen LogP contribution < -0.4 is 0 Å². The SMILES string of the molecule is O=C(c1ccc(I)cc1)N(Cc1cccs1)C1CC1. The van der Waals surface area contributed by atoms with E-state index >= 15 is 0 Å². The van der Waals surface area contributed by atoms with Crippen molar-refractivity contribution >= 4 is 39.8 Å². The zero-order chi connectivity index (χ0) is 13.2. The molecule has 3 rings (SSSR count). The third kappa shape index (κ3) is 3.17. The van der Waals surface area contributed by atoms with Gasteiger partial charge in [-0.3, -0.25) is 4.79 Å². The minimum Gasteiger partial charge on any atom is -0.331 e. The summed E-state index contributed by atoms with van der Waals surface area (Å²) in [5.74, 6) is 0.160. The lowest BCUT2D eigenvalue weighted by Gasteiger charge is -2.22. The summed E-state index contributed by atoms with van der Waals surface area (Å²) in [6, 6.07) is 12.4. The van der Waals surface area contributed by atoms with Gasteiger partial charge in [0.15, 0.2) is 0 Å². The van der Waals surface area contributed by atoms with Crippen LogP contribution in [-0.4, -0.2) is 16.8 Å². The van der Waals surface area contributed by atoms with Crippen LogP contribution in [0, 0.1) is 3.57 Å². The van der Waals surface area contributed by atoms with Gasteiger partial charge in [0, 0.05) is 20.1 Å². The highest BCUT2D eigenvalue weighted by Crippen LogP contribution is 2.30. The van der Waals surface area contributed by atoms with Gasteiger partial charge >= 0.3 is 0 Å². The van der Waals surface area contributed by atoms with Gasteiger partial charge in [-0.25, -0.2) is 0 Å². The Morgan fingerprint density at radius 1 is 1.26 bits per heavy atom. The number of carbonyl (C=O) groups is 1. The second kappa shape index (κ2) is 5.63. The fourth-order valence-corrected chi connectivity index (χ4v) is 3.14. The molecule has 0 bridgehead atoms. The van der Waals surface area contributed by atoms with E-state index in [1.165, 1.54) is 4.88 Å². The molecule has 98 valence electrons. The van der Waals surface area contributed by atoms with Crippen molar-refractivity contribution in [1.29, 1.82) is 0 Å². The molecule has 1 saturated carbocycles. The van der Waals surface area contributed by atoms with Gasteiger partial charge in [-0.15, -0.1) is 11.3 Å². The zero-order valence-electron chi connectivity index (χ0n) is 10.4. The number of nitrogens with zero attached hydrogens (tertiary/aromatic N) is 1. The average Bonchev–Trinajstić information content (AvgIpc) is 3.13. The summed E-state index contributed by atoms with van der Waals surface area (Å²) in [4.78, 5) is 15.9. The van der Waals surface area contributed by atoms with Crippen LogP contribution in [0.3, 0.4) is 0 Å². The highest BCUT2D eigenvalue weighted by Gasteiger charge is 2.33. The fraction of sp³-hybridized carbons (Fsp3) is 0.267. The van der Waals surface area contributed by atoms with Gasteiger partial charge in [0.2, 0.25) is 0 Å². The van der Waals surface area contributed by atoms with E-state index in [1.54, 1.807) is 11.3 Å². The number of halogens is 1. The van der Waals surface area contributed by atoms with E-state index in [1.807, 2.05) is 35.2 Å². The van der Waals surface area contributed by atoms with Gasteiger partial charge in [0.05, 0.1) is 6.54 Å². The molecule has 1 heterocycles. The minimum atomic E-state index is 0.160. The summed E-state index contributed by atoms with van der Waals surface area (Å²) in [5, 5.41) is 2.07. The summed E-state index contributed by atoms with van der Waals surface area (Å²) in [5.41, 5.74) is 0.795. The number of benzene rings is 1. The molecule has 1 aliphatic carbocycles. The number of amides is 1. The lowest BCUT2D eigenvalue weighted by atomic mass is 10.2. The van der Waals surface area contributed by atoms with Crippen LogP contribution in [0.5, 0.6) is 0 Å². The van der Waals surface area contributed by atoms with Crippen LogP contribution in [0.4, 0.5) is 0 Å². The molecule has 0 unspecified atom stereocenters. The summed E-state index contributed by atoms with van der Waals surface area (Å²) in [6.07, 6.45) is 2.28. The summed E-state index contributed by atoms with van der Waals surface area (Å²) in [6.45, 7) is 0.743. The van der Waals surface area contributed by atoms with Gasteiger partial charge in [-0.1, -0.05) is 6.07 Å². The molecule has 0 spiro atoms. The first-order valence-electron chi connectivity index (χ1n) is 6.33. The van der Waals surface area contributed by atoms with E-state index in [9.17, 15) is 4.79 Å². The summed E-state index contributed by atoms with van der Waals surface area (Å²) in [7, 11) is 0. The molecule has 4 heteroatoms. The predicted octanol–water partition coefficient (Wildman–Crippen LogP) is 4.16. The largest absolute Gasteiger partial charge is 0.331 e. The first-order chi connectivity index (χ1) is 9.24. The lowest BCUT2D eigenvalue weighted by molar-refractivity contribution is 0.0731. The summed E-state index contributed by atoms with van der Waals surface area (Å²) < 4.78 is 1.16. The van der Waals surface area contributed by atoms with Crippen LogP contribution in [-0.2, 0) is 6.54 Å². The highest BCUT2D eigenvalue weighted by molar-refractivity contribution is 14.1. The molecule has 0 aliphatic heterocycles. The Bertz CT molecular complexity index is 560. The molecule has 1 aliphatic rings. The fourth-order valence-electron chi connectivity index (χ4n) is 2.08. The van der Waals surface area contributed by atoms with Crippen molar-refractivity contribution in [3.05, 3.63) is 55.8 Å². The predicted molar refractivity (Wildman–Crippen MR) is 86.4 cm³/mol. The monoisotopic (exact) mass is 383 g/mol. The van der Waals surface area contributed by atoms with Gasteiger partial charge < -0.3 is 4.90 Å². The van der Waals surface area contributed by atoms with Crippen LogP contribution in [0.15, 0.2) is 41.8 Å². The van der Waals surface area contributed by atoms with E-state index in [-0.39, 0.29) is 5.91 Å². The third-order valence-electron chi connectivity index (χ3n) is 3.25. The molecule has 2 aromatic rings. The molecular weight excluding hydrogens is 369 g/mol. The van der Waals surface area contributed by atoms with Crippen molar-refractivity contribution in [1.82, 2.24) is 4.90 Å². The first-order valence-corrected chi connectivity index (χ1v) is 8.29. The smallest absolute Gasteiger partial charge is 0.254 e. The van der Waals surface area contributed by atoms with Crippen LogP contribution in [0.2, 0.25) is 0 Å². The van der Waals surface area contributed by atoms with Crippen molar-refractivity contribution in [2.45, 2.75) is 25.4 Å². The number of thiophene rings is 1.